The summed E-state index contributed by atoms with van der Waals surface area (Å²) < 4.78 is 5.17. The zero-order valence-electron chi connectivity index (χ0n) is 15.3. The van der Waals surface area contributed by atoms with Crippen molar-refractivity contribution in [2.24, 2.45) is 0 Å². The van der Waals surface area contributed by atoms with E-state index in [1.54, 1.807) is 7.11 Å². The topological polar surface area (TPSA) is 36.5 Å². The molecule has 2 aromatic carbocycles. The van der Waals surface area contributed by atoms with Crippen molar-refractivity contribution in [1.29, 1.82) is 0 Å². The van der Waals surface area contributed by atoms with E-state index in [0.717, 1.165) is 30.1 Å². The Morgan fingerprint density at radius 3 is 2.23 bits per heavy atom. The number of anilines is 2. The molecule has 2 N–H and O–H groups in total. The summed E-state index contributed by atoms with van der Waals surface area (Å²) in [5, 5.41) is 7.12. The van der Waals surface area contributed by atoms with E-state index in [4.69, 9.17) is 17.0 Å². The quantitative estimate of drug-likeness (QED) is 0.756. The fraction of sp³-hybridized carbons (Fsp3) is 0.381. The molecule has 1 saturated heterocycles. The van der Waals surface area contributed by atoms with Crippen LogP contribution in [0, 0.1) is 0 Å². The summed E-state index contributed by atoms with van der Waals surface area (Å²) in [7, 11) is 1.67. The first-order valence-corrected chi connectivity index (χ1v) is 9.68. The second-order valence-electron chi connectivity index (χ2n) is 6.60. The molecule has 0 aliphatic carbocycles. The molecule has 0 saturated carbocycles. The van der Waals surface area contributed by atoms with Gasteiger partial charge < -0.3 is 20.3 Å². The third-order valence-corrected chi connectivity index (χ3v) is 4.95. The Labute approximate surface area is 161 Å². The smallest absolute Gasteiger partial charge is 0.171 e. The van der Waals surface area contributed by atoms with E-state index in [9.17, 15) is 0 Å². The van der Waals surface area contributed by atoms with Crippen LogP contribution < -0.4 is 20.3 Å². The normalized spacial score (nSPS) is 14.4. The van der Waals surface area contributed by atoms with Crippen LogP contribution in [0.25, 0.3) is 0 Å². The van der Waals surface area contributed by atoms with Gasteiger partial charge >= 0.3 is 0 Å². The van der Waals surface area contributed by atoms with E-state index in [-0.39, 0.29) is 0 Å². The van der Waals surface area contributed by atoms with Crippen molar-refractivity contribution in [1.82, 2.24) is 5.32 Å². The molecule has 1 fully saturated rings. The molecule has 5 heteroatoms. The lowest BCUT2D eigenvalue weighted by molar-refractivity contribution is 0.414. The van der Waals surface area contributed by atoms with Crippen molar-refractivity contribution in [2.45, 2.75) is 32.2 Å². The number of nitrogens with one attached hydrogen (secondary N) is 2. The van der Waals surface area contributed by atoms with Gasteiger partial charge in [0.05, 0.1) is 7.11 Å². The van der Waals surface area contributed by atoms with E-state index in [1.165, 1.54) is 31.4 Å². The average Bonchev–Trinajstić information content (AvgIpc) is 2.97. The average molecular weight is 370 g/mol. The van der Waals surface area contributed by atoms with Crippen LogP contribution in [0.4, 0.5) is 11.4 Å². The van der Waals surface area contributed by atoms with Gasteiger partial charge in [0.2, 0.25) is 0 Å². The number of methoxy groups -OCH3 is 1. The van der Waals surface area contributed by atoms with Crippen LogP contribution in [0.2, 0.25) is 0 Å². The number of benzene rings is 2. The maximum Gasteiger partial charge on any atom is 0.171 e. The van der Waals surface area contributed by atoms with Crippen molar-refractivity contribution in [3.05, 3.63) is 54.1 Å². The maximum atomic E-state index is 5.40. The fourth-order valence-electron chi connectivity index (χ4n) is 3.19. The number of rotatable bonds is 5. The van der Waals surface area contributed by atoms with E-state index in [0.29, 0.717) is 11.7 Å². The number of hydrogen-bond donors (Lipinski definition) is 2. The second kappa shape index (κ2) is 9.43. The number of ether oxygens (including phenoxy) is 1. The van der Waals surface area contributed by atoms with Crippen molar-refractivity contribution >= 4 is 28.7 Å². The molecular weight excluding hydrogens is 342 g/mol. The number of thiocarbonyl (C=S) groups is 1. The Hall–Kier alpha value is -2.27. The lowest BCUT2D eigenvalue weighted by Crippen LogP contribution is -2.28. The predicted octanol–water partition coefficient (Wildman–Crippen LogP) is 4.56. The lowest BCUT2D eigenvalue weighted by Gasteiger charge is -2.23. The Morgan fingerprint density at radius 2 is 1.62 bits per heavy atom. The van der Waals surface area contributed by atoms with Gasteiger partial charge in [0.1, 0.15) is 5.75 Å². The molecule has 1 aliphatic rings. The van der Waals surface area contributed by atoms with Crippen molar-refractivity contribution in [3.63, 3.8) is 0 Å². The molecule has 4 nitrogen and oxygen atoms in total. The highest BCUT2D eigenvalue weighted by Crippen LogP contribution is 2.21. The summed E-state index contributed by atoms with van der Waals surface area (Å²) in [6, 6.07) is 16.5. The Balaban J connectivity index is 1.49. The predicted molar refractivity (Wildman–Crippen MR) is 113 cm³/mol. The minimum Gasteiger partial charge on any atom is -0.497 e. The summed E-state index contributed by atoms with van der Waals surface area (Å²) >= 11 is 5.40. The van der Waals surface area contributed by atoms with Crippen molar-refractivity contribution in [3.8, 4) is 5.75 Å². The van der Waals surface area contributed by atoms with E-state index in [2.05, 4.69) is 39.8 Å². The molecule has 1 heterocycles. The molecule has 0 unspecified atom stereocenters. The van der Waals surface area contributed by atoms with Gasteiger partial charge in [-0.1, -0.05) is 25.0 Å². The number of nitrogens with zero attached hydrogens (tertiary/aromatic N) is 1. The first kappa shape index (κ1) is 18.5. The lowest BCUT2D eigenvalue weighted by atomic mass is 10.2. The van der Waals surface area contributed by atoms with E-state index >= 15 is 0 Å². The molecule has 3 rings (SSSR count). The molecule has 0 atom stereocenters. The van der Waals surface area contributed by atoms with Gasteiger partial charge in [0, 0.05) is 31.0 Å². The standard InChI is InChI=1S/C21H27N3OS/c1-25-20-12-6-17(7-13-20)16-22-21(26)23-18-8-10-19(11-9-18)24-14-4-2-3-5-15-24/h6-13H,2-5,14-16H2,1H3,(H2,22,23,26). The maximum absolute atomic E-state index is 5.40. The summed E-state index contributed by atoms with van der Waals surface area (Å²) in [5.41, 5.74) is 3.47. The monoisotopic (exact) mass is 369 g/mol. The second-order valence-corrected chi connectivity index (χ2v) is 7.01. The van der Waals surface area contributed by atoms with E-state index < -0.39 is 0 Å². The van der Waals surface area contributed by atoms with Gasteiger partial charge in [0.15, 0.2) is 5.11 Å². The highest BCUT2D eigenvalue weighted by molar-refractivity contribution is 7.80. The molecule has 138 valence electrons. The van der Waals surface area contributed by atoms with Crippen LogP contribution in [0.15, 0.2) is 48.5 Å². The van der Waals surface area contributed by atoms with Crippen LogP contribution >= 0.6 is 12.2 Å². The third kappa shape index (κ3) is 5.36. The first-order chi connectivity index (χ1) is 12.7. The van der Waals surface area contributed by atoms with Gasteiger partial charge in [-0.25, -0.2) is 0 Å². The van der Waals surface area contributed by atoms with Crippen molar-refractivity contribution < 1.29 is 4.74 Å². The van der Waals surface area contributed by atoms with E-state index in [1.807, 2.05) is 24.3 Å². The Kier molecular flexibility index (Phi) is 6.72. The van der Waals surface area contributed by atoms with Gasteiger partial charge in [-0.3, -0.25) is 0 Å². The Morgan fingerprint density at radius 1 is 0.962 bits per heavy atom. The summed E-state index contributed by atoms with van der Waals surface area (Å²) in [4.78, 5) is 2.48. The molecule has 0 spiro atoms. The van der Waals surface area contributed by atoms with Gasteiger partial charge in [-0.15, -0.1) is 0 Å². The molecule has 0 aromatic heterocycles. The molecule has 0 radical (unpaired) electrons. The zero-order chi connectivity index (χ0) is 18.2. The van der Waals surface area contributed by atoms with Crippen LogP contribution in [-0.2, 0) is 6.54 Å². The summed E-state index contributed by atoms with van der Waals surface area (Å²) in [6.07, 6.45) is 5.29. The third-order valence-electron chi connectivity index (χ3n) is 4.71. The largest absolute Gasteiger partial charge is 0.497 e. The van der Waals surface area contributed by atoms with Gasteiger partial charge in [-0.2, -0.15) is 0 Å². The fourth-order valence-corrected chi connectivity index (χ4v) is 3.38. The van der Waals surface area contributed by atoms with Crippen LogP contribution in [0.3, 0.4) is 0 Å². The molecule has 0 amide bonds. The zero-order valence-corrected chi connectivity index (χ0v) is 16.1. The summed E-state index contributed by atoms with van der Waals surface area (Å²) in [6.45, 7) is 3.00. The molecule has 0 bridgehead atoms. The van der Waals surface area contributed by atoms with Gasteiger partial charge in [-0.05, 0) is 67.0 Å². The SMILES string of the molecule is COc1ccc(CNC(=S)Nc2ccc(N3CCCCCC3)cc2)cc1. The highest BCUT2D eigenvalue weighted by Gasteiger charge is 2.09. The molecule has 2 aromatic rings. The van der Waals surface area contributed by atoms with Crippen LogP contribution in [-0.4, -0.2) is 25.3 Å². The molecule has 26 heavy (non-hydrogen) atoms. The minimum absolute atomic E-state index is 0.628. The Bertz CT molecular complexity index is 692. The molecule has 1 aliphatic heterocycles. The first-order valence-electron chi connectivity index (χ1n) is 9.27. The van der Waals surface area contributed by atoms with Crippen LogP contribution in [0.5, 0.6) is 5.75 Å². The summed E-state index contributed by atoms with van der Waals surface area (Å²) in [5.74, 6) is 0.860. The highest BCUT2D eigenvalue weighted by atomic mass is 32.1. The van der Waals surface area contributed by atoms with Crippen LogP contribution in [0.1, 0.15) is 31.2 Å². The molecular formula is C21H27N3OS. The number of hydrogen-bond acceptors (Lipinski definition) is 3. The van der Waals surface area contributed by atoms with Gasteiger partial charge in [0.25, 0.3) is 0 Å². The minimum atomic E-state index is 0.628. The van der Waals surface area contributed by atoms with Crippen molar-refractivity contribution in [2.75, 3.05) is 30.4 Å².